The highest BCUT2D eigenvalue weighted by Gasteiger charge is 2.20. The van der Waals surface area contributed by atoms with Crippen molar-refractivity contribution >= 4 is 34.8 Å². The summed E-state index contributed by atoms with van der Waals surface area (Å²) < 4.78 is 0. The molecule has 0 saturated heterocycles. The van der Waals surface area contributed by atoms with Gasteiger partial charge in [-0.3, -0.25) is 19.7 Å². The molecule has 1 aromatic rings. The van der Waals surface area contributed by atoms with Crippen LogP contribution in [0.1, 0.15) is 23.2 Å². The Labute approximate surface area is 125 Å². The van der Waals surface area contributed by atoms with Gasteiger partial charge in [0, 0.05) is 31.6 Å². The van der Waals surface area contributed by atoms with E-state index in [0.29, 0.717) is 6.42 Å². The fraction of sp³-hybridized carbons (Fsp3) is 0.333. The van der Waals surface area contributed by atoms with Gasteiger partial charge in [0.1, 0.15) is 5.69 Å². The number of amides is 2. The summed E-state index contributed by atoms with van der Waals surface area (Å²) in [6.07, 6.45) is 0.547. The van der Waals surface area contributed by atoms with Gasteiger partial charge in [0.15, 0.2) is 0 Å². The Kier molecular flexibility index (Phi) is 5.92. The third-order valence-electron chi connectivity index (χ3n) is 2.66. The molecule has 0 aliphatic carbocycles. The Hall–Kier alpha value is -2.35. The van der Waals surface area contributed by atoms with Crippen LogP contribution in [0.3, 0.4) is 0 Å². The minimum atomic E-state index is -0.623. The maximum Gasteiger partial charge on any atom is 0.294 e. The third-order valence-corrected chi connectivity index (χ3v) is 2.96. The molecule has 0 aliphatic heterocycles. The molecule has 21 heavy (non-hydrogen) atoms. The molecule has 1 aromatic carbocycles. The van der Waals surface area contributed by atoms with Crippen LogP contribution in [0.5, 0.6) is 0 Å². The number of nitro benzene ring substituents is 1. The number of halogens is 1. The molecule has 0 aromatic heterocycles. The summed E-state index contributed by atoms with van der Waals surface area (Å²) in [6, 6.07) is 2.48. The molecule has 0 fully saturated rings. The fourth-order valence-electron chi connectivity index (χ4n) is 1.68. The zero-order valence-corrected chi connectivity index (χ0v) is 12.1. The Morgan fingerprint density at radius 3 is 2.62 bits per heavy atom. The summed E-state index contributed by atoms with van der Waals surface area (Å²) in [5.74, 6) is -0.964. The smallest absolute Gasteiger partial charge is 0.294 e. The van der Waals surface area contributed by atoms with E-state index < -0.39 is 16.7 Å². The van der Waals surface area contributed by atoms with Gasteiger partial charge in [-0.15, -0.1) is 0 Å². The first-order valence-electron chi connectivity index (χ1n) is 6.09. The lowest BCUT2D eigenvalue weighted by atomic mass is 10.1. The van der Waals surface area contributed by atoms with Gasteiger partial charge in [-0.1, -0.05) is 11.6 Å². The van der Waals surface area contributed by atoms with E-state index in [0.717, 1.165) is 6.07 Å². The average Bonchev–Trinajstić information content (AvgIpc) is 2.42. The molecule has 8 nitrogen and oxygen atoms in total. The van der Waals surface area contributed by atoms with Crippen molar-refractivity contribution in [2.45, 2.75) is 12.8 Å². The monoisotopic (exact) mass is 314 g/mol. The number of nitrogens with two attached hydrogens (primary N) is 1. The van der Waals surface area contributed by atoms with Crippen molar-refractivity contribution in [1.82, 2.24) is 5.32 Å². The number of nitrogens with one attached hydrogen (secondary N) is 2. The fourth-order valence-corrected chi connectivity index (χ4v) is 1.99. The van der Waals surface area contributed by atoms with Crippen molar-refractivity contribution in [2.75, 3.05) is 18.9 Å². The molecule has 0 unspecified atom stereocenters. The summed E-state index contributed by atoms with van der Waals surface area (Å²) in [5.41, 5.74) is 4.91. The molecule has 4 N–H and O–H groups in total. The van der Waals surface area contributed by atoms with Gasteiger partial charge in [0.25, 0.3) is 11.6 Å². The molecule has 114 valence electrons. The van der Waals surface area contributed by atoms with Crippen LogP contribution in [-0.4, -0.2) is 30.3 Å². The zero-order chi connectivity index (χ0) is 16.0. The van der Waals surface area contributed by atoms with Gasteiger partial charge >= 0.3 is 0 Å². The van der Waals surface area contributed by atoms with Gasteiger partial charge < -0.3 is 16.4 Å². The van der Waals surface area contributed by atoms with E-state index in [1.54, 1.807) is 0 Å². The highest BCUT2D eigenvalue weighted by atomic mass is 35.5. The highest BCUT2D eigenvalue weighted by Crippen LogP contribution is 2.33. The van der Waals surface area contributed by atoms with Gasteiger partial charge in [0.05, 0.1) is 9.95 Å². The van der Waals surface area contributed by atoms with Gasteiger partial charge in [-0.2, -0.15) is 0 Å². The second-order valence-electron chi connectivity index (χ2n) is 4.19. The second kappa shape index (κ2) is 7.44. The molecule has 0 bridgehead atoms. The van der Waals surface area contributed by atoms with Crippen molar-refractivity contribution in [3.63, 3.8) is 0 Å². The predicted octanol–water partition coefficient (Wildman–Crippen LogP) is 1.29. The SMILES string of the molecule is CNc1c(Cl)cc(C(=O)NCCCC(N)=O)cc1[N+](=O)[O-]. The number of hydrogen-bond acceptors (Lipinski definition) is 5. The van der Waals surface area contributed by atoms with E-state index in [-0.39, 0.29) is 34.9 Å². The molecule has 1 rings (SSSR count). The molecule has 0 radical (unpaired) electrons. The summed E-state index contributed by atoms with van der Waals surface area (Å²) in [6.45, 7) is 0.237. The molecule has 0 aliphatic rings. The molecule has 9 heteroatoms. The summed E-state index contributed by atoms with van der Waals surface area (Å²) in [5, 5.41) is 16.2. The first-order chi connectivity index (χ1) is 9.86. The molecular weight excluding hydrogens is 300 g/mol. The maximum absolute atomic E-state index is 11.9. The predicted molar refractivity (Wildman–Crippen MR) is 78.4 cm³/mol. The highest BCUT2D eigenvalue weighted by molar-refractivity contribution is 6.34. The summed E-state index contributed by atoms with van der Waals surface area (Å²) >= 11 is 5.92. The molecule has 2 amide bonds. The Morgan fingerprint density at radius 2 is 2.10 bits per heavy atom. The van der Waals surface area contributed by atoms with Crippen molar-refractivity contribution < 1.29 is 14.5 Å². The lowest BCUT2D eigenvalue weighted by Gasteiger charge is -2.08. The number of benzene rings is 1. The van der Waals surface area contributed by atoms with Crippen molar-refractivity contribution in [1.29, 1.82) is 0 Å². The van der Waals surface area contributed by atoms with Gasteiger partial charge in [-0.25, -0.2) is 0 Å². The standard InChI is InChI=1S/C12H15ClN4O4/c1-15-11-8(13)5-7(6-9(11)17(20)21)12(19)16-4-2-3-10(14)18/h5-6,15H,2-4H2,1H3,(H2,14,18)(H,16,19). The number of rotatable bonds is 7. The van der Waals surface area contributed by atoms with Crippen molar-refractivity contribution in [3.8, 4) is 0 Å². The van der Waals surface area contributed by atoms with E-state index in [4.69, 9.17) is 17.3 Å². The van der Waals surface area contributed by atoms with Crippen LogP contribution in [0.15, 0.2) is 12.1 Å². The number of nitro groups is 1. The maximum atomic E-state index is 11.9. The Bertz CT molecular complexity index is 577. The van der Waals surface area contributed by atoms with Crippen LogP contribution < -0.4 is 16.4 Å². The Morgan fingerprint density at radius 1 is 1.43 bits per heavy atom. The topological polar surface area (TPSA) is 127 Å². The first kappa shape index (κ1) is 16.7. The normalized spacial score (nSPS) is 10.0. The lowest BCUT2D eigenvalue weighted by molar-refractivity contribution is -0.383. The summed E-state index contributed by atoms with van der Waals surface area (Å²) in [7, 11) is 1.50. The zero-order valence-electron chi connectivity index (χ0n) is 11.3. The molecule has 0 atom stereocenters. The van der Waals surface area contributed by atoms with Crippen LogP contribution in [0.2, 0.25) is 5.02 Å². The van der Waals surface area contributed by atoms with E-state index >= 15 is 0 Å². The van der Waals surface area contributed by atoms with Gasteiger partial charge in [-0.05, 0) is 12.5 Å². The molecular formula is C12H15ClN4O4. The van der Waals surface area contributed by atoms with E-state index in [2.05, 4.69) is 10.6 Å². The van der Waals surface area contributed by atoms with Crippen molar-refractivity contribution in [2.24, 2.45) is 5.73 Å². The third kappa shape index (κ3) is 4.60. The lowest BCUT2D eigenvalue weighted by Crippen LogP contribution is -2.25. The van der Waals surface area contributed by atoms with E-state index in [1.807, 2.05) is 0 Å². The minimum absolute atomic E-state index is 0.0739. The number of primary amides is 1. The van der Waals surface area contributed by atoms with Gasteiger partial charge in [0.2, 0.25) is 5.91 Å². The molecule has 0 spiro atoms. The number of carbonyl (C=O) groups is 2. The van der Waals surface area contributed by atoms with E-state index in [9.17, 15) is 19.7 Å². The second-order valence-corrected chi connectivity index (χ2v) is 4.59. The van der Waals surface area contributed by atoms with E-state index in [1.165, 1.54) is 13.1 Å². The number of hydrogen-bond donors (Lipinski definition) is 3. The van der Waals surface area contributed by atoms with Crippen LogP contribution >= 0.6 is 11.6 Å². The minimum Gasteiger partial charge on any atom is -0.381 e. The van der Waals surface area contributed by atoms with Crippen LogP contribution in [0.25, 0.3) is 0 Å². The molecule has 0 saturated carbocycles. The number of nitrogens with zero attached hydrogens (tertiary/aromatic N) is 1. The quantitative estimate of drug-likeness (QED) is 0.397. The Balaban J connectivity index is 2.85. The average molecular weight is 315 g/mol. The first-order valence-corrected chi connectivity index (χ1v) is 6.46. The van der Waals surface area contributed by atoms with Crippen LogP contribution in [0, 0.1) is 10.1 Å². The largest absolute Gasteiger partial charge is 0.381 e. The number of anilines is 1. The van der Waals surface area contributed by atoms with Crippen LogP contribution in [0.4, 0.5) is 11.4 Å². The van der Waals surface area contributed by atoms with Crippen molar-refractivity contribution in [3.05, 3.63) is 32.8 Å². The molecule has 0 heterocycles. The van der Waals surface area contributed by atoms with Crippen LogP contribution in [-0.2, 0) is 4.79 Å². The number of carbonyl (C=O) groups excluding carboxylic acids is 2. The summed E-state index contributed by atoms with van der Waals surface area (Å²) in [4.78, 5) is 32.8.